The van der Waals surface area contributed by atoms with Crippen LogP contribution in [0, 0.1) is 20.2 Å². The summed E-state index contributed by atoms with van der Waals surface area (Å²) in [7, 11) is 0. The lowest BCUT2D eigenvalue weighted by atomic mass is 10.1. The lowest BCUT2D eigenvalue weighted by molar-refractivity contribution is -0.393. The topological polar surface area (TPSA) is 89.5 Å². The first-order valence-electron chi connectivity index (χ1n) is 6.03. The molecule has 0 atom stereocenters. The third kappa shape index (κ3) is 3.29. The van der Waals surface area contributed by atoms with Gasteiger partial charge in [-0.2, -0.15) is 13.2 Å². The van der Waals surface area contributed by atoms with Crippen molar-refractivity contribution in [1.82, 2.24) is 0 Å². The van der Waals surface area contributed by atoms with Gasteiger partial charge < -0.3 is 4.90 Å². The van der Waals surface area contributed by atoms with E-state index >= 15 is 0 Å². The Morgan fingerprint density at radius 2 is 1.68 bits per heavy atom. The fourth-order valence-corrected chi connectivity index (χ4v) is 2.66. The molecule has 11 heteroatoms. The van der Waals surface area contributed by atoms with Gasteiger partial charge in [0.1, 0.15) is 4.47 Å². The van der Waals surface area contributed by atoms with Crippen LogP contribution in [-0.4, -0.2) is 22.9 Å². The smallest absolute Gasteiger partial charge is 0.361 e. The van der Waals surface area contributed by atoms with Crippen LogP contribution in [-0.2, 0) is 6.18 Å². The van der Waals surface area contributed by atoms with Crippen LogP contribution in [0.2, 0.25) is 0 Å². The second kappa shape index (κ2) is 6.46. The molecule has 0 N–H and O–H groups in total. The van der Waals surface area contributed by atoms with Crippen molar-refractivity contribution >= 4 is 33.0 Å². The van der Waals surface area contributed by atoms with E-state index in [-0.39, 0.29) is 13.1 Å². The van der Waals surface area contributed by atoms with Crippen LogP contribution in [0.5, 0.6) is 0 Å². The van der Waals surface area contributed by atoms with Gasteiger partial charge in [0.2, 0.25) is 0 Å². The molecule has 22 heavy (non-hydrogen) atoms. The molecule has 0 unspecified atom stereocenters. The van der Waals surface area contributed by atoms with E-state index in [1.54, 1.807) is 13.8 Å². The van der Waals surface area contributed by atoms with Crippen molar-refractivity contribution in [2.45, 2.75) is 20.0 Å². The number of hydrogen-bond donors (Lipinski definition) is 0. The molecule has 0 fully saturated rings. The van der Waals surface area contributed by atoms with Crippen LogP contribution in [0.3, 0.4) is 0 Å². The minimum Gasteiger partial charge on any atom is -0.361 e. The molecule has 0 saturated heterocycles. The third-order valence-electron chi connectivity index (χ3n) is 2.96. The van der Waals surface area contributed by atoms with Gasteiger partial charge in [-0.05, 0) is 29.8 Å². The number of nitrogens with zero attached hydrogens (tertiary/aromatic N) is 3. The summed E-state index contributed by atoms with van der Waals surface area (Å²) in [4.78, 5) is 21.4. The molecule has 0 amide bonds. The summed E-state index contributed by atoms with van der Waals surface area (Å²) < 4.78 is 38.0. The summed E-state index contributed by atoms with van der Waals surface area (Å²) in [6.07, 6.45) is -4.96. The highest BCUT2D eigenvalue weighted by atomic mass is 79.9. The van der Waals surface area contributed by atoms with E-state index in [0.717, 1.165) is 0 Å². The first-order chi connectivity index (χ1) is 10.1. The van der Waals surface area contributed by atoms with Crippen LogP contribution in [0.15, 0.2) is 10.5 Å². The first-order valence-corrected chi connectivity index (χ1v) is 6.82. The van der Waals surface area contributed by atoms with E-state index < -0.39 is 43.1 Å². The Bertz CT molecular complexity index is 618. The van der Waals surface area contributed by atoms with Gasteiger partial charge in [-0.1, -0.05) is 0 Å². The van der Waals surface area contributed by atoms with Crippen LogP contribution < -0.4 is 4.90 Å². The molecule has 0 spiro atoms. The van der Waals surface area contributed by atoms with Crippen molar-refractivity contribution in [1.29, 1.82) is 0 Å². The molecule has 0 radical (unpaired) electrons. The minimum absolute atomic E-state index is 0.163. The molecule has 0 aliphatic rings. The van der Waals surface area contributed by atoms with E-state index in [9.17, 15) is 33.4 Å². The van der Waals surface area contributed by atoms with E-state index in [1.807, 2.05) is 0 Å². The van der Waals surface area contributed by atoms with Gasteiger partial charge in [0.25, 0.3) is 5.69 Å². The number of nitro groups is 2. The molecule has 0 aromatic heterocycles. The van der Waals surface area contributed by atoms with Crippen LogP contribution >= 0.6 is 15.9 Å². The van der Waals surface area contributed by atoms with Gasteiger partial charge in [0.15, 0.2) is 5.69 Å². The SMILES string of the molecule is CCN(CC)c1c([N+](=O)[O-])cc(C(F)(F)F)c(Br)c1[N+](=O)[O-]. The summed E-state index contributed by atoms with van der Waals surface area (Å²) >= 11 is 2.57. The van der Waals surface area contributed by atoms with Crippen molar-refractivity contribution < 1.29 is 23.0 Å². The van der Waals surface area contributed by atoms with Crippen LogP contribution in [0.1, 0.15) is 19.4 Å². The number of benzene rings is 1. The number of rotatable bonds is 5. The van der Waals surface area contributed by atoms with Crippen molar-refractivity contribution in [3.05, 3.63) is 36.3 Å². The molecule has 0 heterocycles. The predicted octanol–water partition coefficient (Wildman–Crippen LogP) is 4.13. The van der Waals surface area contributed by atoms with Crippen LogP contribution in [0.25, 0.3) is 0 Å². The fourth-order valence-electron chi connectivity index (χ4n) is 1.98. The normalized spacial score (nSPS) is 11.4. The zero-order chi connectivity index (χ0) is 17.2. The predicted molar refractivity (Wildman–Crippen MR) is 76.0 cm³/mol. The maximum atomic E-state index is 12.9. The second-order valence-corrected chi connectivity index (χ2v) is 4.93. The average Bonchev–Trinajstić information content (AvgIpc) is 2.37. The minimum atomic E-state index is -4.96. The van der Waals surface area contributed by atoms with Crippen molar-refractivity contribution in [3.8, 4) is 0 Å². The second-order valence-electron chi connectivity index (χ2n) is 4.14. The number of anilines is 1. The Hall–Kier alpha value is -1.91. The van der Waals surface area contributed by atoms with Crippen molar-refractivity contribution in [2.24, 2.45) is 0 Å². The Morgan fingerprint density at radius 1 is 1.18 bits per heavy atom. The summed E-state index contributed by atoms with van der Waals surface area (Å²) in [5.74, 6) is 0. The molecule has 0 saturated carbocycles. The molecule has 7 nitrogen and oxygen atoms in total. The van der Waals surface area contributed by atoms with E-state index in [1.165, 1.54) is 4.90 Å². The van der Waals surface area contributed by atoms with Gasteiger partial charge in [-0.15, -0.1) is 0 Å². The molecule has 1 rings (SSSR count). The highest BCUT2D eigenvalue weighted by Crippen LogP contribution is 2.48. The molecule has 122 valence electrons. The maximum absolute atomic E-state index is 12.9. The number of halogens is 4. The van der Waals surface area contributed by atoms with E-state index in [0.29, 0.717) is 6.07 Å². The van der Waals surface area contributed by atoms with Gasteiger partial charge in [0.05, 0.1) is 15.4 Å². The summed E-state index contributed by atoms with van der Waals surface area (Å²) in [5, 5.41) is 22.3. The summed E-state index contributed by atoms with van der Waals surface area (Å²) in [5.41, 5.74) is -3.82. The Labute approximate surface area is 131 Å². The van der Waals surface area contributed by atoms with Gasteiger partial charge in [-0.25, -0.2) is 0 Å². The Kier molecular flexibility index (Phi) is 5.33. The lowest BCUT2D eigenvalue weighted by Crippen LogP contribution is -2.25. The Balaban J connectivity index is 3.93. The number of nitro benzene ring substituents is 2. The summed E-state index contributed by atoms with van der Waals surface area (Å²) in [6, 6.07) is 0.310. The molecular formula is C11H11BrF3N3O4. The van der Waals surface area contributed by atoms with Crippen molar-refractivity contribution in [2.75, 3.05) is 18.0 Å². The summed E-state index contributed by atoms with van der Waals surface area (Å²) in [6.45, 7) is 3.50. The quantitative estimate of drug-likeness (QED) is 0.561. The standard InChI is InChI=1S/C11H11BrF3N3O4/c1-3-16(4-2)9-7(17(19)20)5-6(11(13,14)15)8(12)10(9)18(21)22/h5H,3-4H2,1-2H3. The highest BCUT2D eigenvalue weighted by Gasteiger charge is 2.42. The molecule has 1 aromatic rings. The molecular weight excluding hydrogens is 375 g/mol. The van der Waals surface area contributed by atoms with Gasteiger partial charge >= 0.3 is 11.9 Å². The van der Waals surface area contributed by atoms with Crippen molar-refractivity contribution in [3.63, 3.8) is 0 Å². The average molecular weight is 386 g/mol. The third-order valence-corrected chi connectivity index (χ3v) is 3.76. The molecule has 0 aliphatic heterocycles. The monoisotopic (exact) mass is 385 g/mol. The van der Waals surface area contributed by atoms with Crippen LogP contribution in [0.4, 0.5) is 30.2 Å². The number of alkyl halides is 3. The molecule has 0 bridgehead atoms. The largest absolute Gasteiger partial charge is 0.418 e. The number of hydrogen-bond acceptors (Lipinski definition) is 5. The molecule has 0 aliphatic carbocycles. The fraction of sp³-hybridized carbons (Fsp3) is 0.455. The van der Waals surface area contributed by atoms with E-state index in [4.69, 9.17) is 0 Å². The lowest BCUT2D eigenvalue weighted by Gasteiger charge is -2.22. The molecule has 1 aromatic carbocycles. The Morgan fingerprint density at radius 3 is 2.00 bits per heavy atom. The first kappa shape index (κ1) is 18.1. The maximum Gasteiger partial charge on any atom is 0.418 e. The zero-order valence-corrected chi connectivity index (χ0v) is 13.1. The van der Waals surface area contributed by atoms with Gasteiger partial charge in [-0.3, -0.25) is 20.2 Å². The van der Waals surface area contributed by atoms with E-state index in [2.05, 4.69) is 15.9 Å². The highest BCUT2D eigenvalue weighted by molar-refractivity contribution is 9.10. The van der Waals surface area contributed by atoms with Gasteiger partial charge in [0, 0.05) is 19.2 Å². The zero-order valence-electron chi connectivity index (χ0n) is 11.5.